The lowest BCUT2D eigenvalue weighted by atomic mass is 10.4. The van der Waals surface area contributed by atoms with Crippen LogP contribution in [-0.4, -0.2) is 47.3 Å². The van der Waals surface area contributed by atoms with Crippen LogP contribution in [0, 0.1) is 0 Å². The summed E-state index contributed by atoms with van der Waals surface area (Å²) in [5.41, 5.74) is 0. The number of rotatable bonds is 7. The Morgan fingerprint density at radius 2 is 2.21 bits per heavy atom. The van der Waals surface area contributed by atoms with Gasteiger partial charge in [0.05, 0.1) is 19.0 Å². The molecule has 0 spiro atoms. The van der Waals surface area contributed by atoms with Crippen LogP contribution in [0.5, 0.6) is 0 Å². The maximum Gasteiger partial charge on any atom is 0.245 e. The lowest BCUT2D eigenvalue weighted by molar-refractivity contribution is 0.425. The van der Waals surface area contributed by atoms with Gasteiger partial charge in [-0.2, -0.15) is 10.1 Å². The van der Waals surface area contributed by atoms with Crippen molar-refractivity contribution in [2.24, 2.45) is 0 Å². The van der Waals surface area contributed by atoms with E-state index in [0.717, 1.165) is 18.8 Å². The quantitative estimate of drug-likeness (QED) is 0.772. The van der Waals surface area contributed by atoms with Crippen molar-refractivity contribution in [1.82, 2.24) is 20.1 Å². The molecule has 0 amide bonds. The molecule has 0 atom stereocenters. The van der Waals surface area contributed by atoms with Crippen LogP contribution in [-0.2, 0) is 6.54 Å². The van der Waals surface area contributed by atoms with Gasteiger partial charge in [0.2, 0.25) is 5.95 Å². The van der Waals surface area contributed by atoms with E-state index in [1.807, 2.05) is 26.2 Å². The van der Waals surface area contributed by atoms with Crippen LogP contribution < -0.4 is 10.6 Å². The van der Waals surface area contributed by atoms with Crippen LogP contribution >= 0.6 is 0 Å². The Kier molecular flexibility index (Phi) is 4.68. The smallest absolute Gasteiger partial charge is 0.245 e. The Morgan fingerprint density at radius 3 is 2.95 bits per heavy atom. The number of hydrogen-bond acceptors (Lipinski definition) is 7. The standard InChI is InChI=1S/C12H18N6O/c1-18(2)6-5-13-11-9-15-17-12(16-11)14-8-10-4-3-7-19-10/h3-4,7,9H,5-6,8H2,1-2H3,(H2,13,14,16,17). The number of hydrogen-bond donors (Lipinski definition) is 2. The van der Waals surface area contributed by atoms with E-state index in [0.29, 0.717) is 18.3 Å². The van der Waals surface area contributed by atoms with Crippen LogP contribution in [0.25, 0.3) is 0 Å². The molecule has 2 aromatic heterocycles. The molecule has 0 fully saturated rings. The minimum atomic E-state index is 0.478. The highest BCUT2D eigenvalue weighted by Gasteiger charge is 2.01. The van der Waals surface area contributed by atoms with Crippen molar-refractivity contribution in [3.8, 4) is 0 Å². The molecule has 2 N–H and O–H groups in total. The van der Waals surface area contributed by atoms with E-state index in [9.17, 15) is 0 Å². The SMILES string of the molecule is CN(C)CCNc1cnnc(NCc2ccco2)n1. The fourth-order valence-corrected chi connectivity index (χ4v) is 1.45. The van der Waals surface area contributed by atoms with E-state index < -0.39 is 0 Å². The monoisotopic (exact) mass is 262 g/mol. The van der Waals surface area contributed by atoms with Gasteiger partial charge in [-0.25, -0.2) is 0 Å². The predicted octanol–water partition coefficient (Wildman–Crippen LogP) is 1.05. The summed E-state index contributed by atoms with van der Waals surface area (Å²) >= 11 is 0. The Bertz CT molecular complexity index is 485. The molecule has 0 saturated carbocycles. The molecule has 7 heteroatoms. The highest BCUT2D eigenvalue weighted by atomic mass is 16.3. The van der Waals surface area contributed by atoms with Gasteiger partial charge in [-0.15, -0.1) is 5.10 Å². The average molecular weight is 262 g/mol. The zero-order valence-electron chi connectivity index (χ0n) is 11.1. The average Bonchev–Trinajstić information content (AvgIpc) is 2.89. The summed E-state index contributed by atoms with van der Waals surface area (Å²) in [5, 5.41) is 14.1. The van der Waals surface area contributed by atoms with Crippen molar-refractivity contribution in [1.29, 1.82) is 0 Å². The molecule has 0 unspecified atom stereocenters. The van der Waals surface area contributed by atoms with Crippen molar-refractivity contribution in [3.05, 3.63) is 30.4 Å². The van der Waals surface area contributed by atoms with Gasteiger partial charge < -0.3 is 20.0 Å². The van der Waals surface area contributed by atoms with E-state index in [4.69, 9.17) is 4.42 Å². The van der Waals surface area contributed by atoms with E-state index in [2.05, 4.69) is 30.7 Å². The third-order valence-corrected chi connectivity index (χ3v) is 2.42. The summed E-state index contributed by atoms with van der Waals surface area (Å²) in [4.78, 5) is 6.41. The second-order valence-electron chi connectivity index (χ2n) is 4.33. The Morgan fingerprint density at radius 1 is 1.32 bits per heavy atom. The van der Waals surface area contributed by atoms with Gasteiger partial charge in [0.25, 0.3) is 0 Å². The minimum Gasteiger partial charge on any atom is -0.467 e. The molecule has 0 aromatic carbocycles. The second kappa shape index (κ2) is 6.69. The molecule has 0 radical (unpaired) electrons. The molecule has 2 aromatic rings. The number of likely N-dealkylation sites (N-methyl/N-ethyl adjacent to an activating group) is 1. The fourth-order valence-electron chi connectivity index (χ4n) is 1.45. The van der Waals surface area contributed by atoms with Gasteiger partial charge >= 0.3 is 0 Å². The molecule has 0 saturated heterocycles. The molecular formula is C12H18N6O. The van der Waals surface area contributed by atoms with Gasteiger partial charge in [0.15, 0.2) is 5.82 Å². The summed E-state index contributed by atoms with van der Waals surface area (Å²) in [6.45, 7) is 2.28. The molecule has 2 rings (SSSR count). The van der Waals surface area contributed by atoms with Gasteiger partial charge in [-0.3, -0.25) is 0 Å². The first-order chi connectivity index (χ1) is 9.24. The Labute approximate surface area is 112 Å². The highest BCUT2D eigenvalue weighted by Crippen LogP contribution is 2.06. The Balaban J connectivity index is 1.84. The van der Waals surface area contributed by atoms with E-state index in [1.165, 1.54) is 0 Å². The summed E-state index contributed by atoms with van der Waals surface area (Å²) in [6, 6.07) is 3.73. The number of aromatic nitrogens is 3. The van der Waals surface area contributed by atoms with Crippen LogP contribution in [0.2, 0.25) is 0 Å². The fraction of sp³-hybridized carbons (Fsp3) is 0.417. The number of nitrogens with one attached hydrogen (secondary N) is 2. The van der Waals surface area contributed by atoms with E-state index >= 15 is 0 Å². The lowest BCUT2D eigenvalue weighted by Crippen LogP contribution is -2.21. The highest BCUT2D eigenvalue weighted by molar-refractivity contribution is 5.36. The molecule has 0 aliphatic rings. The largest absolute Gasteiger partial charge is 0.467 e. The third-order valence-electron chi connectivity index (χ3n) is 2.42. The van der Waals surface area contributed by atoms with Crippen LogP contribution in [0.3, 0.4) is 0 Å². The third kappa shape index (κ3) is 4.55. The van der Waals surface area contributed by atoms with E-state index in [1.54, 1.807) is 12.5 Å². The summed E-state index contributed by atoms with van der Waals surface area (Å²) in [7, 11) is 4.05. The first kappa shape index (κ1) is 13.3. The summed E-state index contributed by atoms with van der Waals surface area (Å²) in [5.74, 6) is 2.01. The lowest BCUT2D eigenvalue weighted by Gasteiger charge is -2.10. The Hall–Kier alpha value is -2.15. The molecule has 0 bridgehead atoms. The zero-order chi connectivity index (χ0) is 13.5. The molecule has 0 aliphatic carbocycles. The summed E-state index contributed by atoms with van der Waals surface area (Å²) < 4.78 is 5.22. The normalized spacial score (nSPS) is 10.7. The number of furan rings is 1. The first-order valence-electron chi connectivity index (χ1n) is 6.08. The first-order valence-corrected chi connectivity index (χ1v) is 6.08. The van der Waals surface area contributed by atoms with Crippen molar-refractivity contribution >= 4 is 11.8 Å². The second-order valence-corrected chi connectivity index (χ2v) is 4.33. The van der Waals surface area contributed by atoms with Crippen molar-refractivity contribution in [2.45, 2.75) is 6.54 Å². The van der Waals surface area contributed by atoms with Crippen LogP contribution in [0.1, 0.15) is 5.76 Å². The van der Waals surface area contributed by atoms with Gasteiger partial charge in [0, 0.05) is 13.1 Å². The van der Waals surface area contributed by atoms with Crippen molar-refractivity contribution < 1.29 is 4.42 Å². The van der Waals surface area contributed by atoms with Crippen molar-refractivity contribution in [3.63, 3.8) is 0 Å². The van der Waals surface area contributed by atoms with Crippen molar-refractivity contribution in [2.75, 3.05) is 37.8 Å². The molecular weight excluding hydrogens is 244 g/mol. The number of nitrogens with zero attached hydrogens (tertiary/aromatic N) is 4. The molecule has 19 heavy (non-hydrogen) atoms. The minimum absolute atomic E-state index is 0.478. The predicted molar refractivity (Wildman–Crippen MR) is 72.9 cm³/mol. The molecule has 2 heterocycles. The topological polar surface area (TPSA) is 79.1 Å². The zero-order valence-corrected chi connectivity index (χ0v) is 11.1. The molecule has 102 valence electrons. The van der Waals surface area contributed by atoms with Gasteiger partial charge in [-0.1, -0.05) is 0 Å². The van der Waals surface area contributed by atoms with E-state index in [-0.39, 0.29) is 0 Å². The van der Waals surface area contributed by atoms with Gasteiger partial charge in [0.1, 0.15) is 5.76 Å². The maximum atomic E-state index is 5.22. The van der Waals surface area contributed by atoms with Crippen LogP contribution in [0.15, 0.2) is 29.0 Å². The number of anilines is 2. The maximum absolute atomic E-state index is 5.22. The summed E-state index contributed by atoms with van der Waals surface area (Å²) in [6.07, 6.45) is 3.24. The molecule has 7 nitrogen and oxygen atoms in total. The molecule has 0 aliphatic heterocycles. The van der Waals surface area contributed by atoms with Gasteiger partial charge in [-0.05, 0) is 26.2 Å². The van der Waals surface area contributed by atoms with Crippen LogP contribution in [0.4, 0.5) is 11.8 Å².